The lowest BCUT2D eigenvalue weighted by Gasteiger charge is -2.33. The number of carbonyl (C=O) groups excluding carboxylic acids is 3. The zero-order valence-corrected chi connectivity index (χ0v) is 19.4. The molecule has 1 saturated heterocycles. The fraction of sp³-hybridized carbons (Fsp3) is 0.417. The molecule has 9 nitrogen and oxygen atoms in total. The average molecular weight is 455 g/mol. The van der Waals surface area contributed by atoms with E-state index in [0.29, 0.717) is 38.3 Å². The lowest BCUT2D eigenvalue weighted by molar-refractivity contribution is -0.684. The Bertz CT molecular complexity index is 998. The van der Waals surface area contributed by atoms with E-state index in [1.807, 2.05) is 49.2 Å². The van der Waals surface area contributed by atoms with Gasteiger partial charge in [-0.2, -0.15) is 4.57 Å². The molecule has 3 N–H and O–H groups in total. The van der Waals surface area contributed by atoms with Gasteiger partial charge in [-0.15, -0.1) is 0 Å². The van der Waals surface area contributed by atoms with Gasteiger partial charge in [0.2, 0.25) is 12.5 Å². The zero-order chi connectivity index (χ0) is 24.0. The molecule has 1 aromatic heterocycles. The summed E-state index contributed by atoms with van der Waals surface area (Å²) in [7, 11) is 1.60. The van der Waals surface area contributed by atoms with Gasteiger partial charge in [-0.05, 0) is 37.6 Å². The first-order valence-electron chi connectivity index (χ1n) is 11.0. The van der Waals surface area contributed by atoms with Crippen LogP contribution >= 0.6 is 0 Å². The van der Waals surface area contributed by atoms with Gasteiger partial charge in [0.1, 0.15) is 11.3 Å². The SMILES string of the molecule is COc1ccc(-c2cc(C(N)=O)c[n+](CC(=O)N3CCN(CC(=O)NC(C)C)CC3)c2)cc1. The lowest BCUT2D eigenvalue weighted by Crippen LogP contribution is -2.54. The van der Waals surface area contributed by atoms with Gasteiger partial charge in [0.15, 0.2) is 12.4 Å². The van der Waals surface area contributed by atoms with Crippen molar-refractivity contribution in [3.8, 4) is 16.9 Å². The predicted octanol–water partition coefficient (Wildman–Crippen LogP) is 0.417. The Morgan fingerprint density at radius 1 is 1.06 bits per heavy atom. The highest BCUT2D eigenvalue weighted by atomic mass is 16.5. The first kappa shape index (κ1) is 24.2. The molecule has 176 valence electrons. The first-order valence-corrected chi connectivity index (χ1v) is 11.0. The summed E-state index contributed by atoms with van der Waals surface area (Å²) < 4.78 is 6.90. The van der Waals surface area contributed by atoms with E-state index in [0.717, 1.165) is 16.9 Å². The quantitative estimate of drug-likeness (QED) is 0.562. The number of nitrogens with two attached hydrogens (primary N) is 1. The molecule has 0 unspecified atom stereocenters. The number of pyridine rings is 1. The van der Waals surface area contributed by atoms with Crippen LogP contribution in [0, 0.1) is 0 Å². The van der Waals surface area contributed by atoms with E-state index >= 15 is 0 Å². The van der Waals surface area contributed by atoms with E-state index in [9.17, 15) is 14.4 Å². The Labute approximate surface area is 194 Å². The van der Waals surface area contributed by atoms with Gasteiger partial charge >= 0.3 is 0 Å². The van der Waals surface area contributed by atoms with Crippen molar-refractivity contribution < 1.29 is 23.7 Å². The number of ether oxygens (including phenoxy) is 1. The molecule has 1 aliphatic rings. The molecule has 0 atom stereocenters. The van der Waals surface area contributed by atoms with Crippen LogP contribution in [0.15, 0.2) is 42.7 Å². The van der Waals surface area contributed by atoms with Crippen LogP contribution in [0.2, 0.25) is 0 Å². The number of aromatic nitrogens is 1. The highest BCUT2D eigenvalue weighted by molar-refractivity contribution is 5.93. The number of carbonyl (C=O) groups is 3. The minimum Gasteiger partial charge on any atom is -0.497 e. The third-order valence-corrected chi connectivity index (χ3v) is 5.49. The number of piperazine rings is 1. The zero-order valence-electron chi connectivity index (χ0n) is 19.4. The van der Waals surface area contributed by atoms with Crippen LogP contribution in [0.5, 0.6) is 5.75 Å². The lowest BCUT2D eigenvalue weighted by atomic mass is 10.1. The summed E-state index contributed by atoms with van der Waals surface area (Å²) in [4.78, 5) is 40.6. The Morgan fingerprint density at radius 3 is 2.30 bits per heavy atom. The van der Waals surface area contributed by atoms with E-state index in [4.69, 9.17) is 10.5 Å². The smallest absolute Gasteiger partial charge is 0.288 e. The molecule has 1 aliphatic heterocycles. The molecule has 1 fully saturated rings. The molecule has 33 heavy (non-hydrogen) atoms. The highest BCUT2D eigenvalue weighted by Gasteiger charge is 2.25. The van der Waals surface area contributed by atoms with Gasteiger partial charge in [0.25, 0.3) is 11.8 Å². The summed E-state index contributed by atoms with van der Waals surface area (Å²) in [5.74, 6) is 0.122. The van der Waals surface area contributed by atoms with Crippen molar-refractivity contribution in [3.05, 3.63) is 48.3 Å². The number of benzene rings is 1. The Kier molecular flexibility index (Phi) is 8.00. The third kappa shape index (κ3) is 6.76. The molecule has 3 rings (SSSR count). The van der Waals surface area contributed by atoms with Gasteiger partial charge < -0.3 is 20.7 Å². The molecule has 0 saturated carbocycles. The molecule has 0 radical (unpaired) electrons. The second kappa shape index (κ2) is 10.9. The normalized spacial score (nSPS) is 14.2. The van der Waals surface area contributed by atoms with E-state index in [1.54, 1.807) is 28.8 Å². The van der Waals surface area contributed by atoms with Crippen molar-refractivity contribution in [2.75, 3.05) is 39.8 Å². The molecule has 2 aromatic rings. The van der Waals surface area contributed by atoms with Crippen molar-refractivity contribution in [2.24, 2.45) is 5.73 Å². The van der Waals surface area contributed by atoms with Gasteiger partial charge in [-0.1, -0.05) is 12.1 Å². The van der Waals surface area contributed by atoms with Crippen LogP contribution in [-0.4, -0.2) is 73.4 Å². The maximum absolute atomic E-state index is 12.9. The Balaban J connectivity index is 1.66. The van der Waals surface area contributed by atoms with E-state index in [-0.39, 0.29) is 24.4 Å². The van der Waals surface area contributed by atoms with Crippen LogP contribution < -0.4 is 20.4 Å². The van der Waals surface area contributed by atoms with Gasteiger partial charge in [0.05, 0.1) is 13.7 Å². The van der Waals surface area contributed by atoms with Crippen LogP contribution in [-0.2, 0) is 16.1 Å². The summed E-state index contributed by atoms with van der Waals surface area (Å²) in [6, 6.07) is 9.27. The third-order valence-electron chi connectivity index (χ3n) is 5.49. The van der Waals surface area contributed by atoms with Gasteiger partial charge in [-0.25, -0.2) is 0 Å². The molecule has 1 aromatic carbocycles. The number of hydrogen-bond donors (Lipinski definition) is 2. The van der Waals surface area contributed by atoms with Crippen LogP contribution in [0.1, 0.15) is 24.2 Å². The van der Waals surface area contributed by atoms with E-state index in [1.165, 1.54) is 0 Å². The monoisotopic (exact) mass is 454 g/mol. The van der Waals surface area contributed by atoms with Crippen molar-refractivity contribution in [2.45, 2.75) is 26.4 Å². The number of nitrogens with zero attached hydrogens (tertiary/aromatic N) is 3. The predicted molar refractivity (Wildman–Crippen MR) is 123 cm³/mol. The average Bonchev–Trinajstić information content (AvgIpc) is 2.78. The fourth-order valence-electron chi connectivity index (χ4n) is 3.79. The standard InChI is InChI=1S/C24H31N5O4/c1-17(2)26-22(30)15-27-8-10-29(11-9-27)23(31)16-28-13-19(12-20(14-28)24(25)32)18-4-6-21(33-3)7-5-18/h4-7,12-14,17H,8-11,15-16H2,1-3H3,(H2-,25,26,30,32)/p+1. The summed E-state index contributed by atoms with van der Waals surface area (Å²) in [6.45, 7) is 6.67. The number of primary amides is 1. The summed E-state index contributed by atoms with van der Waals surface area (Å²) in [6.07, 6.45) is 3.43. The van der Waals surface area contributed by atoms with E-state index in [2.05, 4.69) is 5.32 Å². The Hall–Kier alpha value is -3.46. The molecule has 2 heterocycles. The summed E-state index contributed by atoms with van der Waals surface area (Å²) >= 11 is 0. The minimum atomic E-state index is -0.556. The molecule has 3 amide bonds. The number of amides is 3. The maximum atomic E-state index is 12.9. The molecule has 0 bridgehead atoms. The van der Waals surface area contributed by atoms with Crippen molar-refractivity contribution in [1.29, 1.82) is 0 Å². The molecule has 9 heteroatoms. The van der Waals surface area contributed by atoms with Crippen LogP contribution in [0.25, 0.3) is 11.1 Å². The topological polar surface area (TPSA) is 109 Å². The van der Waals surface area contributed by atoms with Crippen LogP contribution in [0.4, 0.5) is 0 Å². The number of methoxy groups -OCH3 is 1. The highest BCUT2D eigenvalue weighted by Crippen LogP contribution is 2.22. The van der Waals surface area contributed by atoms with E-state index < -0.39 is 5.91 Å². The molecule has 0 aliphatic carbocycles. The summed E-state index contributed by atoms with van der Waals surface area (Å²) in [5, 5.41) is 2.89. The van der Waals surface area contributed by atoms with Crippen LogP contribution in [0.3, 0.4) is 0 Å². The molecule has 0 spiro atoms. The van der Waals surface area contributed by atoms with Gasteiger partial charge in [0, 0.05) is 37.8 Å². The van der Waals surface area contributed by atoms with Crippen molar-refractivity contribution in [3.63, 3.8) is 0 Å². The minimum absolute atomic E-state index is 0.00494. The number of rotatable bonds is 8. The summed E-state index contributed by atoms with van der Waals surface area (Å²) in [5.41, 5.74) is 7.52. The van der Waals surface area contributed by atoms with Crippen molar-refractivity contribution in [1.82, 2.24) is 15.1 Å². The number of nitrogens with one attached hydrogen (secondary N) is 1. The number of hydrogen-bond acceptors (Lipinski definition) is 5. The van der Waals surface area contributed by atoms with Gasteiger partial charge in [-0.3, -0.25) is 19.3 Å². The van der Waals surface area contributed by atoms with Crippen molar-refractivity contribution >= 4 is 17.7 Å². The second-order valence-electron chi connectivity index (χ2n) is 8.46. The first-order chi connectivity index (χ1) is 15.7. The largest absolute Gasteiger partial charge is 0.497 e. The molecular formula is C24H32N5O4+. The maximum Gasteiger partial charge on any atom is 0.288 e. The molecular weight excluding hydrogens is 422 g/mol. The Morgan fingerprint density at radius 2 is 1.73 bits per heavy atom. The fourth-order valence-corrected chi connectivity index (χ4v) is 3.79. The second-order valence-corrected chi connectivity index (χ2v) is 8.46.